The minimum absolute atomic E-state index is 0.00846. The van der Waals surface area contributed by atoms with Crippen molar-refractivity contribution >= 4 is 21.1 Å². The fourth-order valence-electron chi connectivity index (χ4n) is 4.77. The van der Waals surface area contributed by atoms with Crippen LogP contribution < -0.4 is 0 Å². The standard InChI is InChI=1S/C18H13F8N3S/c19-18(20,21)17-12(7-27-29-17)16-15-9-2-1-8(5-9)14(15)11-6-10(3-4-13(11)28-16)30(22,23,24,25)26/h3-4,6-9H,1-2,5H2,(H,27,29)/t8-,9+/m1/s1. The van der Waals surface area contributed by atoms with Crippen molar-refractivity contribution in [2.75, 3.05) is 0 Å². The van der Waals surface area contributed by atoms with Gasteiger partial charge in [-0.15, -0.1) is 0 Å². The first kappa shape index (κ1) is 19.6. The first-order chi connectivity index (χ1) is 13.6. The van der Waals surface area contributed by atoms with Crippen LogP contribution in [-0.4, -0.2) is 15.2 Å². The van der Waals surface area contributed by atoms with E-state index in [1.54, 1.807) is 0 Å². The van der Waals surface area contributed by atoms with Gasteiger partial charge in [0.2, 0.25) is 0 Å². The lowest BCUT2D eigenvalue weighted by Crippen LogP contribution is -2.11. The lowest BCUT2D eigenvalue weighted by atomic mass is 9.86. The minimum atomic E-state index is -9.92. The highest BCUT2D eigenvalue weighted by atomic mass is 32.5. The van der Waals surface area contributed by atoms with E-state index in [4.69, 9.17) is 0 Å². The monoisotopic (exact) mass is 455 g/mol. The van der Waals surface area contributed by atoms with E-state index in [1.165, 1.54) is 0 Å². The number of H-pyrrole nitrogens is 1. The van der Waals surface area contributed by atoms with Gasteiger partial charge in [-0.1, -0.05) is 19.4 Å². The molecule has 0 amide bonds. The van der Waals surface area contributed by atoms with E-state index in [9.17, 15) is 32.6 Å². The van der Waals surface area contributed by atoms with Crippen LogP contribution in [0.3, 0.4) is 0 Å². The number of rotatable bonds is 2. The summed E-state index contributed by atoms with van der Waals surface area (Å²) in [7, 11) is -9.92. The van der Waals surface area contributed by atoms with Crippen LogP contribution in [0.2, 0.25) is 0 Å². The lowest BCUT2D eigenvalue weighted by molar-refractivity contribution is -0.140. The number of hydrogen-bond acceptors (Lipinski definition) is 2. The quantitative estimate of drug-likeness (QED) is 0.403. The zero-order chi connectivity index (χ0) is 21.8. The van der Waals surface area contributed by atoms with E-state index < -0.39 is 27.0 Å². The maximum atomic E-state index is 13.4. The zero-order valence-electron chi connectivity index (χ0n) is 14.9. The Hall–Kier alpha value is -2.37. The van der Waals surface area contributed by atoms with Crippen LogP contribution in [0, 0.1) is 0 Å². The number of nitrogens with zero attached hydrogens (tertiary/aromatic N) is 2. The Bertz CT molecular complexity index is 1210. The molecule has 2 heterocycles. The van der Waals surface area contributed by atoms with E-state index >= 15 is 0 Å². The molecule has 0 spiro atoms. The summed E-state index contributed by atoms with van der Waals surface area (Å²) in [5.74, 6) is -0.388. The molecule has 30 heavy (non-hydrogen) atoms. The Morgan fingerprint density at radius 2 is 1.63 bits per heavy atom. The second-order valence-electron chi connectivity index (χ2n) is 7.80. The Morgan fingerprint density at radius 3 is 2.27 bits per heavy atom. The van der Waals surface area contributed by atoms with Gasteiger partial charge >= 0.3 is 16.4 Å². The maximum absolute atomic E-state index is 13.4. The molecule has 2 aliphatic rings. The second-order valence-corrected chi connectivity index (χ2v) is 10.2. The summed E-state index contributed by atoms with van der Waals surface area (Å²) >= 11 is 0. The largest absolute Gasteiger partial charge is 0.433 e. The molecule has 0 aliphatic heterocycles. The molecular formula is C18H13F8N3S. The average molecular weight is 455 g/mol. The van der Waals surface area contributed by atoms with Crippen molar-refractivity contribution < 1.29 is 32.6 Å². The average Bonchev–Trinajstić information content (AvgIpc) is 3.33. The molecule has 1 saturated carbocycles. The van der Waals surface area contributed by atoms with Gasteiger partial charge in [0.15, 0.2) is 0 Å². The van der Waals surface area contributed by atoms with Gasteiger partial charge in [0.05, 0.1) is 23.0 Å². The Morgan fingerprint density at radius 1 is 0.967 bits per heavy atom. The van der Waals surface area contributed by atoms with Crippen molar-refractivity contribution in [3.05, 3.63) is 41.2 Å². The van der Waals surface area contributed by atoms with Crippen molar-refractivity contribution in [1.82, 2.24) is 15.2 Å². The van der Waals surface area contributed by atoms with Crippen molar-refractivity contribution in [2.45, 2.75) is 42.2 Å². The fourth-order valence-corrected chi connectivity index (χ4v) is 5.43. The molecule has 2 aliphatic carbocycles. The van der Waals surface area contributed by atoms with Crippen LogP contribution in [0.25, 0.3) is 22.2 Å². The highest BCUT2D eigenvalue weighted by Gasteiger charge is 2.65. The SMILES string of the molecule is FC(F)(F)c1[nH]ncc1-c1nc2ccc(S(F)(F)(F)(F)F)cc2c2c1[C@H]1CC[C@@H]2C1. The molecular weight excluding hydrogens is 442 g/mol. The molecule has 0 radical (unpaired) electrons. The first-order valence-corrected chi connectivity index (χ1v) is 10.9. The minimum Gasteiger partial charge on any atom is -0.273 e. The number of nitrogens with one attached hydrogen (secondary N) is 1. The van der Waals surface area contributed by atoms with Crippen LogP contribution in [0.5, 0.6) is 0 Å². The second kappa shape index (κ2) is 5.09. The molecule has 3 nitrogen and oxygen atoms in total. The summed E-state index contributed by atoms with van der Waals surface area (Å²) in [6.45, 7) is 0. The number of halogens is 8. The molecule has 1 aromatic carbocycles. The summed E-state index contributed by atoms with van der Waals surface area (Å²) < 4.78 is 107. The highest BCUT2D eigenvalue weighted by Crippen LogP contribution is 3.02. The predicted octanol–water partition coefficient (Wildman–Crippen LogP) is 7.67. The molecule has 0 unspecified atom stereocenters. The van der Waals surface area contributed by atoms with Crippen LogP contribution in [0.1, 0.15) is 47.9 Å². The molecule has 5 rings (SSSR count). The van der Waals surface area contributed by atoms with Gasteiger partial charge in [-0.25, -0.2) is 4.98 Å². The van der Waals surface area contributed by atoms with Crippen molar-refractivity contribution in [3.63, 3.8) is 0 Å². The van der Waals surface area contributed by atoms with Crippen molar-refractivity contribution in [1.29, 1.82) is 0 Å². The molecule has 2 aromatic heterocycles. The van der Waals surface area contributed by atoms with E-state index in [-0.39, 0.29) is 40.1 Å². The van der Waals surface area contributed by atoms with Crippen LogP contribution in [-0.2, 0) is 6.18 Å². The van der Waals surface area contributed by atoms with Gasteiger partial charge in [0.1, 0.15) is 10.6 Å². The van der Waals surface area contributed by atoms with Gasteiger partial charge in [-0.2, -0.15) is 18.3 Å². The molecule has 12 heteroatoms. The number of benzene rings is 1. The van der Waals surface area contributed by atoms with E-state index in [2.05, 4.69) is 10.1 Å². The summed E-state index contributed by atoms with van der Waals surface area (Å²) in [4.78, 5) is 2.17. The number of hydrogen-bond donors (Lipinski definition) is 1. The third-order valence-electron chi connectivity index (χ3n) is 5.91. The van der Waals surface area contributed by atoms with Gasteiger partial charge in [-0.3, -0.25) is 5.10 Å². The van der Waals surface area contributed by atoms with Gasteiger partial charge in [0, 0.05) is 5.39 Å². The number of fused-ring (bicyclic) bond motifs is 7. The van der Waals surface area contributed by atoms with Crippen LogP contribution in [0.15, 0.2) is 29.3 Å². The van der Waals surface area contributed by atoms with E-state index in [0.29, 0.717) is 36.5 Å². The first-order valence-electron chi connectivity index (χ1n) is 8.96. The molecule has 3 aromatic rings. The number of pyridine rings is 1. The molecule has 0 saturated heterocycles. The normalized spacial score (nSPS) is 23.5. The molecule has 1 N–H and O–H groups in total. The van der Waals surface area contributed by atoms with E-state index in [1.807, 2.05) is 5.10 Å². The Balaban J connectivity index is 1.84. The Labute approximate surface area is 164 Å². The fraction of sp³-hybridized carbons (Fsp3) is 0.333. The Kier molecular flexibility index (Phi) is 3.32. The third kappa shape index (κ3) is 2.87. The summed E-state index contributed by atoms with van der Waals surface area (Å²) in [5, 5.41) is 5.30. The van der Waals surface area contributed by atoms with Crippen molar-refractivity contribution in [2.24, 2.45) is 0 Å². The smallest absolute Gasteiger partial charge is 0.273 e. The summed E-state index contributed by atoms with van der Waals surface area (Å²) in [6, 6.07) is 1.43. The van der Waals surface area contributed by atoms with Gasteiger partial charge in [0.25, 0.3) is 0 Å². The van der Waals surface area contributed by atoms with Crippen molar-refractivity contribution in [3.8, 4) is 11.3 Å². The zero-order valence-corrected chi connectivity index (χ0v) is 15.7. The highest BCUT2D eigenvalue weighted by molar-refractivity contribution is 8.45. The van der Waals surface area contributed by atoms with Crippen LogP contribution in [0.4, 0.5) is 32.6 Å². The maximum Gasteiger partial charge on any atom is 0.433 e. The van der Waals surface area contributed by atoms with Gasteiger partial charge in [-0.05, 0) is 60.4 Å². The number of alkyl halides is 3. The third-order valence-corrected chi connectivity index (χ3v) is 7.05. The van der Waals surface area contributed by atoms with Crippen LogP contribution >= 0.6 is 10.2 Å². The van der Waals surface area contributed by atoms with Gasteiger partial charge < -0.3 is 0 Å². The predicted molar refractivity (Wildman–Crippen MR) is 95.1 cm³/mol. The topological polar surface area (TPSA) is 41.6 Å². The number of aromatic amines is 1. The summed E-state index contributed by atoms with van der Waals surface area (Å²) in [6.07, 6.45) is -1.93. The summed E-state index contributed by atoms with van der Waals surface area (Å²) in [5.41, 5.74) is -0.677. The number of aromatic nitrogens is 3. The van der Waals surface area contributed by atoms with E-state index in [0.717, 1.165) is 12.3 Å². The molecule has 2 atom stereocenters. The lowest BCUT2D eigenvalue weighted by Gasteiger charge is -2.40. The molecule has 1 fully saturated rings. The molecule has 162 valence electrons. The molecule has 2 bridgehead atoms.